The lowest BCUT2D eigenvalue weighted by Gasteiger charge is -2.39. The van der Waals surface area contributed by atoms with Crippen molar-refractivity contribution in [3.05, 3.63) is 0 Å². The summed E-state index contributed by atoms with van der Waals surface area (Å²) in [6.45, 7) is 0.0619. The Morgan fingerprint density at radius 3 is 2.41 bits per heavy atom. The molecule has 0 atom stereocenters. The molecule has 0 aliphatic heterocycles. The molecule has 0 aromatic carbocycles. The van der Waals surface area contributed by atoms with Crippen LogP contribution in [-0.2, 0) is 14.8 Å². The second-order valence-electron chi connectivity index (χ2n) is 4.08. The summed E-state index contributed by atoms with van der Waals surface area (Å²) in [7, 11) is -1.97. The fraction of sp³-hybridized carbons (Fsp3) is 0.778. The van der Waals surface area contributed by atoms with Crippen LogP contribution in [0.15, 0.2) is 0 Å². The van der Waals surface area contributed by atoms with Gasteiger partial charge >= 0.3 is 0 Å². The zero-order valence-corrected chi connectivity index (χ0v) is 11.3. The number of sulfonamides is 1. The second kappa shape index (κ2) is 5.28. The molecule has 0 spiro atoms. The van der Waals surface area contributed by atoms with E-state index in [9.17, 15) is 13.2 Å². The lowest BCUT2D eigenvalue weighted by atomic mass is 9.68. The molecule has 1 aliphatic rings. The van der Waals surface area contributed by atoms with Gasteiger partial charge in [0.1, 0.15) is 0 Å². The molecule has 8 heteroatoms. The molecule has 1 saturated carbocycles. The maximum atomic E-state index is 11.9. The van der Waals surface area contributed by atoms with Crippen molar-refractivity contribution in [1.82, 2.24) is 10.0 Å². The van der Waals surface area contributed by atoms with Gasteiger partial charge in [-0.3, -0.25) is 4.79 Å². The van der Waals surface area contributed by atoms with Crippen molar-refractivity contribution in [3.63, 3.8) is 0 Å². The van der Waals surface area contributed by atoms with E-state index in [0.29, 0.717) is 12.8 Å². The van der Waals surface area contributed by atoms with Gasteiger partial charge in [-0.1, -0.05) is 18.6 Å². The van der Waals surface area contributed by atoms with E-state index in [2.05, 4.69) is 10.0 Å². The van der Waals surface area contributed by atoms with Gasteiger partial charge in [-0.25, -0.2) is 13.1 Å². The maximum absolute atomic E-state index is 11.9. The molecule has 0 aromatic heterocycles. The molecule has 17 heavy (non-hydrogen) atoms. The van der Waals surface area contributed by atoms with Crippen molar-refractivity contribution in [1.29, 1.82) is 0 Å². The molecule has 0 unspecified atom stereocenters. The Balaban J connectivity index is 2.48. The first kappa shape index (κ1) is 14.3. The van der Waals surface area contributed by atoms with Gasteiger partial charge < -0.3 is 11.1 Å². The van der Waals surface area contributed by atoms with E-state index >= 15 is 0 Å². The number of rotatable bonds is 6. The van der Waals surface area contributed by atoms with Crippen LogP contribution < -0.4 is 15.8 Å². The van der Waals surface area contributed by atoms with E-state index in [1.807, 2.05) is 0 Å². The van der Waals surface area contributed by atoms with E-state index in [-0.39, 0.29) is 23.2 Å². The highest BCUT2D eigenvalue weighted by Crippen LogP contribution is 2.41. The van der Waals surface area contributed by atoms with Crippen LogP contribution in [0.4, 0.5) is 0 Å². The van der Waals surface area contributed by atoms with E-state index in [0.717, 1.165) is 6.42 Å². The average molecular weight is 279 g/mol. The molecule has 98 valence electrons. The molecule has 0 saturated heterocycles. The topological polar surface area (TPSA) is 101 Å². The minimum atomic E-state index is -3.30. The molecule has 1 fully saturated rings. The van der Waals surface area contributed by atoms with Crippen LogP contribution in [0.5, 0.6) is 0 Å². The summed E-state index contributed by atoms with van der Waals surface area (Å²) in [5.74, 6) is -0.412. The van der Waals surface area contributed by atoms with Crippen LogP contribution in [-0.4, -0.2) is 38.7 Å². The Bertz CT molecular complexity index is 415. The van der Waals surface area contributed by atoms with Crippen LogP contribution in [0.1, 0.15) is 19.3 Å². The molecule has 1 amide bonds. The minimum Gasteiger partial charge on any atom is -0.392 e. The predicted octanol–water partition coefficient (Wildman–Crippen LogP) is -0.892. The first-order chi connectivity index (χ1) is 7.84. The van der Waals surface area contributed by atoms with Crippen LogP contribution in [0.25, 0.3) is 0 Å². The largest absolute Gasteiger partial charge is 0.392 e. The standard InChI is InChI=1S/C9H17N3O3S2/c1-11-17(14,15)6-5-12-8(13)9(7(10)16)3-2-4-9/h11H,2-6H2,1H3,(H2,10,16)(H,12,13). The number of thiocarbonyl (C=S) groups is 1. The normalized spacial score (nSPS) is 18.2. The van der Waals surface area contributed by atoms with Gasteiger partial charge in [0.15, 0.2) is 0 Å². The quantitative estimate of drug-likeness (QED) is 0.547. The molecule has 1 rings (SSSR count). The summed E-state index contributed by atoms with van der Waals surface area (Å²) in [6, 6.07) is 0. The number of hydrogen-bond acceptors (Lipinski definition) is 4. The number of carbonyl (C=O) groups excluding carboxylic acids is 1. The predicted molar refractivity (Wildman–Crippen MR) is 68.9 cm³/mol. The van der Waals surface area contributed by atoms with Crippen LogP contribution in [0, 0.1) is 5.41 Å². The molecule has 0 bridgehead atoms. The van der Waals surface area contributed by atoms with Crippen molar-refractivity contribution in [2.24, 2.45) is 11.1 Å². The third-order valence-corrected chi connectivity index (χ3v) is 4.84. The van der Waals surface area contributed by atoms with Gasteiger partial charge in [-0.05, 0) is 19.9 Å². The SMILES string of the molecule is CNS(=O)(=O)CCNC(=O)C1(C(N)=S)CCC1. The van der Waals surface area contributed by atoms with Crippen molar-refractivity contribution in [2.75, 3.05) is 19.3 Å². The number of amides is 1. The zero-order chi connectivity index (χ0) is 13.1. The Morgan fingerprint density at radius 1 is 1.47 bits per heavy atom. The van der Waals surface area contributed by atoms with Crippen LogP contribution in [0.2, 0.25) is 0 Å². The highest BCUT2D eigenvalue weighted by atomic mass is 32.2. The van der Waals surface area contributed by atoms with Gasteiger partial charge in [0.05, 0.1) is 16.2 Å². The zero-order valence-electron chi connectivity index (χ0n) is 9.65. The molecule has 0 heterocycles. The average Bonchev–Trinajstić information content (AvgIpc) is 2.15. The Labute approximate surface area is 106 Å². The fourth-order valence-electron chi connectivity index (χ4n) is 1.69. The number of nitrogens with two attached hydrogens (primary N) is 1. The van der Waals surface area contributed by atoms with Crippen molar-refractivity contribution in [3.8, 4) is 0 Å². The second-order valence-corrected chi connectivity index (χ2v) is 6.56. The minimum absolute atomic E-state index is 0.0619. The summed E-state index contributed by atoms with van der Waals surface area (Å²) in [5.41, 5.74) is 4.81. The number of carbonyl (C=O) groups is 1. The summed E-state index contributed by atoms with van der Waals surface area (Å²) >= 11 is 4.89. The number of hydrogen-bond donors (Lipinski definition) is 3. The first-order valence-electron chi connectivity index (χ1n) is 5.33. The summed E-state index contributed by atoms with van der Waals surface area (Å²) in [6.07, 6.45) is 2.21. The van der Waals surface area contributed by atoms with Crippen molar-refractivity contribution in [2.45, 2.75) is 19.3 Å². The molecule has 1 aliphatic carbocycles. The lowest BCUT2D eigenvalue weighted by molar-refractivity contribution is -0.130. The third kappa shape index (κ3) is 3.14. The van der Waals surface area contributed by atoms with Crippen LogP contribution in [0.3, 0.4) is 0 Å². The number of nitrogens with one attached hydrogen (secondary N) is 2. The molecule has 0 aromatic rings. The smallest absolute Gasteiger partial charge is 0.233 e. The molecular formula is C9H17N3O3S2. The van der Waals surface area contributed by atoms with E-state index in [1.54, 1.807) is 0 Å². The Hall–Kier alpha value is -0.730. The highest BCUT2D eigenvalue weighted by Gasteiger charge is 2.46. The summed E-state index contributed by atoms with van der Waals surface area (Å²) in [5, 5.41) is 2.57. The first-order valence-corrected chi connectivity index (χ1v) is 7.39. The van der Waals surface area contributed by atoms with E-state index in [4.69, 9.17) is 18.0 Å². The summed E-state index contributed by atoms with van der Waals surface area (Å²) in [4.78, 5) is 12.1. The van der Waals surface area contributed by atoms with E-state index in [1.165, 1.54) is 7.05 Å². The highest BCUT2D eigenvalue weighted by molar-refractivity contribution is 7.89. The summed E-state index contributed by atoms with van der Waals surface area (Å²) < 4.78 is 24.4. The van der Waals surface area contributed by atoms with Gasteiger partial charge in [-0.15, -0.1) is 0 Å². The van der Waals surface area contributed by atoms with Gasteiger partial charge in [0, 0.05) is 6.54 Å². The third-order valence-electron chi connectivity index (χ3n) is 3.08. The van der Waals surface area contributed by atoms with Gasteiger partial charge in [0.2, 0.25) is 15.9 Å². The molecule has 6 nitrogen and oxygen atoms in total. The Morgan fingerprint density at radius 2 is 2.06 bits per heavy atom. The molecule has 0 radical (unpaired) electrons. The van der Waals surface area contributed by atoms with Gasteiger partial charge in [-0.2, -0.15) is 0 Å². The molecular weight excluding hydrogens is 262 g/mol. The Kier molecular flexibility index (Phi) is 4.45. The van der Waals surface area contributed by atoms with E-state index < -0.39 is 15.4 Å². The lowest BCUT2D eigenvalue weighted by Crippen LogP contribution is -2.53. The van der Waals surface area contributed by atoms with Crippen molar-refractivity contribution < 1.29 is 13.2 Å². The maximum Gasteiger partial charge on any atom is 0.233 e. The monoisotopic (exact) mass is 279 g/mol. The molecule has 4 N–H and O–H groups in total. The van der Waals surface area contributed by atoms with Gasteiger partial charge in [0.25, 0.3) is 0 Å². The van der Waals surface area contributed by atoms with Crippen LogP contribution >= 0.6 is 12.2 Å². The van der Waals surface area contributed by atoms with Crippen molar-refractivity contribution >= 4 is 33.1 Å². The fourth-order valence-corrected chi connectivity index (χ4v) is 2.56.